The van der Waals surface area contributed by atoms with E-state index in [1.54, 1.807) is 12.1 Å². The Kier molecular flexibility index (Phi) is 3.31. The van der Waals surface area contributed by atoms with Gasteiger partial charge in [0.1, 0.15) is 5.75 Å². The van der Waals surface area contributed by atoms with E-state index in [1.165, 1.54) is 12.1 Å². The summed E-state index contributed by atoms with van der Waals surface area (Å²) in [5.74, 6) is 0.181. The van der Waals surface area contributed by atoms with E-state index in [9.17, 15) is 5.11 Å². The maximum Gasteiger partial charge on any atom is 0.115 e. The molecular weight excluding hydrogens is 192 g/mol. The minimum absolute atomic E-state index is 0.181. The van der Waals surface area contributed by atoms with Crippen LogP contribution in [0.15, 0.2) is 24.3 Å². The highest BCUT2D eigenvalue weighted by Crippen LogP contribution is 2.24. The van der Waals surface area contributed by atoms with Crippen molar-refractivity contribution in [2.24, 2.45) is 0 Å². The van der Waals surface area contributed by atoms with Crippen molar-refractivity contribution in [2.45, 2.75) is 10.7 Å². The summed E-state index contributed by atoms with van der Waals surface area (Å²) in [4.78, 5) is 0. The van der Waals surface area contributed by atoms with Gasteiger partial charge in [-0.15, -0.1) is 0 Å². The van der Waals surface area contributed by atoms with Gasteiger partial charge >= 0.3 is 0 Å². The molecule has 0 aliphatic heterocycles. The number of aromatic hydroxyl groups is 1. The van der Waals surface area contributed by atoms with Crippen LogP contribution in [0.2, 0.25) is 0 Å². The molecule has 0 saturated heterocycles. The van der Waals surface area contributed by atoms with Crippen LogP contribution in [-0.2, 0) is 0 Å². The summed E-state index contributed by atoms with van der Waals surface area (Å²) < 4.78 is -0.408. The van der Waals surface area contributed by atoms with Crippen molar-refractivity contribution in [3.63, 3.8) is 0 Å². The van der Waals surface area contributed by atoms with Crippen molar-refractivity contribution in [2.75, 3.05) is 0 Å². The third-order valence-corrected chi connectivity index (χ3v) is 2.08. The molecule has 0 fully saturated rings. The molecule has 0 aliphatic carbocycles. The van der Waals surface area contributed by atoms with Gasteiger partial charge in [-0.05, 0) is 17.7 Å². The fourth-order valence-electron chi connectivity index (χ4n) is 0.844. The van der Waals surface area contributed by atoms with Crippen LogP contribution in [0.5, 0.6) is 5.75 Å². The highest BCUT2D eigenvalue weighted by atomic mass is 32.2. The van der Waals surface area contributed by atoms with E-state index in [0.29, 0.717) is 5.56 Å². The Morgan fingerprint density at radius 2 is 1.58 bits per heavy atom. The van der Waals surface area contributed by atoms with Crippen LogP contribution >= 0.6 is 25.3 Å². The quantitative estimate of drug-likeness (QED) is 0.435. The molecular formula is C8H10O2S2. The molecule has 4 heteroatoms. The zero-order chi connectivity index (χ0) is 9.14. The van der Waals surface area contributed by atoms with Crippen LogP contribution < -0.4 is 0 Å². The molecule has 0 radical (unpaired) electrons. The molecule has 1 unspecified atom stereocenters. The molecule has 0 amide bonds. The van der Waals surface area contributed by atoms with Crippen molar-refractivity contribution in [1.82, 2.24) is 0 Å². The Bertz CT molecular complexity index is 246. The van der Waals surface area contributed by atoms with Crippen LogP contribution in [0.25, 0.3) is 0 Å². The molecule has 0 saturated carbocycles. The molecule has 1 rings (SSSR count). The number of hydrogen-bond acceptors (Lipinski definition) is 4. The van der Waals surface area contributed by atoms with Crippen molar-refractivity contribution in [3.8, 4) is 5.75 Å². The zero-order valence-electron chi connectivity index (χ0n) is 6.25. The lowest BCUT2D eigenvalue weighted by Gasteiger charge is -2.12. The first-order valence-electron chi connectivity index (χ1n) is 3.44. The van der Waals surface area contributed by atoms with Gasteiger partial charge in [-0.25, -0.2) is 0 Å². The Hall–Kier alpha value is -0.320. The zero-order valence-corrected chi connectivity index (χ0v) is 8.04. The standard InChI is InChI=1S/C8H10O2S2/c9-6-3-1-5(2-4-6)7(10)8(11)12/h1-4,7-12H. The predicted octanol–water partition coefficient (Wildman–Crippen LogP) is 1.61. The number of aliphatic hydroxyl groups excluding tert-OH is 1. The highest BCUT2D eigenvalue weighted by Gasteiger charge is 2.12. The Balaban J connectivity index is 2.82. The minimum atomic E-state index is -0.711. The number of aliphatic hydroxyl groups is 1. The predicted molar refractivity (Wildman–Crippen MR) is 54.8 cm³/mol. The van der Waals surface area contributed by atoms with Gasteiger partial charge in [-0.1, -0.05) is 12.1 Å². The average Bonchev–Trinajstić information content (AvgIpc) is 2.04. The summed E-state index contributed by atoms with van der Waals surface area (Å²) in [7, 11) is 0. The van der Waals surface area contributed by atoms with E-state index < -0.39 is 10.7 Å². The molecule has 0 aliphatic rings. The normalized spacial score (nSPS) is 13.3. The number of phenolic OH excluding ortho intramolecular Hbond substituents is 1. The third kappa shape index (κ3) is 2.33. The first kappa shape index (κ1) is 9.77. The van der Waals surface area contributed by atoms with Gasteiger partial charge < -0.3 is 10.2 Å². The van der Waals surface area contributed by atoms with E-state index in [0.717, 1.165) is 0 Å². The van der Waals surface area contributed by atoms with Gasteiger partial charge in [-0.3, -0.25) is 0 Å². The van der Waals surface area contributed by atoms with Gasteiger partial charge in [-0.2, -0.15) is 25.3 Å². The number of benzene rings is 1. The van der Waals surface area contributed by atoms with Gasteiger partial charge in [0.05, 0.1) is 10.7 Å². The lowest BCUT2D eigenvalue weighted by Crippen LogP contribution is -2.05. The van der Waals surface area contributed by atoms with E-state index >= 15 is 0 Å². The molecule has 0 spiro atoms. The second kappa shape index (κ2) is 4.07. The van der Waals surface area contributed by atoms with E-state index in [2.05, 4.69) is 25.3 Å². The fourth-order valence-corrected chi connectivity index (χ4v) is 1.19. The van der Waals surface area contributed by atoms with E-state index in [4.69, 9.17) is 5.11 Å². The maximum atomic E-state index is 9.45. The second-order valence-electron chi connectivity index (χ2n) is 2.45. The van der Waals surface area contributed by atoms with Crippen LogP contribution in [0.3, 0.4) is 0 Å². The lowest BCUT2D eigenvalue weighted by atomic mass is 10.1. The smallest absolute Gasteiger partial charge is 0.115 e. The van der Waals surface area contributed by atoms with Crippen molar-refractivity contribution in [3.05, 3.63) is 29.8 Å². The van der Waals surface area contributed by atoms with Crippen molar-refractivity contribution < 1.29 is 10.2 Å². The highest BCUT2D eigenvalue weighted by molar-refractivity contribution is 7.99. The summed E-state index contributed by atoms with van der Waals surface area (Å²) in [5, 5.41) is 18.4. The number of rotatable bonds is 2. The first-order chi connectivity index (χ1) is 5.61. The van der Waals surface area contributed by atoms with Gasteiger partial charge in [0.2, 0.25) is 0 Å². The number of thiol groups is 2. The molecule has 2 N–H and O–H groups in total. The Morgan fingerprint density at radius 3 is 2.00 bits per heavy atom. The summed E-state index contributed by atoms with van der Waals surface area (Å²) in [6, 6.07) is 6.31. The van der Waals surface area contributed by atoms with E-state index in [-0.39, 0.29) is 5.75 Å². The Labute approximate surface area is 82.1 Å². The molecule has 12 heavy (non-hydrogen) atoms. The summed E-state index contributed by atoms with van der Waals surface area (Å²) in [5.41, 5.74) is 0.697. The molecule has 1 aromatic carbocycles. The topological polar surface area (TPSA) is 40.5 Å². The molecule has 0 heterocycles. The maximum absolute atomic E-state index is 9.45. The third-order valence-electron chi connectivity index (χ3n) is 1.52. The average molecular weight is 202 g/mol. The van der Waals surface area contributed by atoms with Gasteiger partial charge in [0, 0.05) is 0 Å². The Morgan fingerprint density at radius 1 is 1.08 bits per heavy atom. The molecule has 1 aromatic rings. The summed E-state index contributed by atoms with van der Waals surface area (Å²) >= 11 is 7.96. The fraction of sp³-hybridized carbons (Fsp3) is 0.250. The van der Waals surface area contributed by atoms with Crippen molar-refractivity contribution in [1.29, 1.82) is 0 Å². The summed E-state index contributed by atoms with van der Waals surface area (Å²) in [6.45, 7) is 0. The summed E-state index contributed by atoms with van der Waals surface area (Å²) in [6.07, 6.45) is -0.711. The number of phenols is 1. The van der Waals surface area contributed by atoms with Crippen LogP contribution in [0.1, 0.15) is 11.7 Å². The molecule has 0 aromatic heterocycles. The monoisotopic (exact) mass is 202 g/mol. The largest absolute Gasteiger partial charge is 0.508 e. The van der Waals surface area contributed by atoms with Gasteiger partial charge in [0.15, 0.2) is 0 Å². The van der Waals surface area contributed by atoms with Crippen molar-refractivity contribution >= 4 is 25.3 Å². The molecule has 2 nitrogen and oxygen atoms in total. The number of hydrogen-bond donors (Lipinski definition) is 4. The second-order valence-corrected chi connectivity index (χ2v) is 3.97. The molecule has 1 atom stereocenters. The molecule has 66 valence electrons. The lowest BCUT2D eigenvalue weighted by molar-refractivity contribution is 0.197. The molecule has 0 bridgehead atoms. The van der Waals surface area contributed by atoms with Crippen LogP contribution in [-0.4, -0.2) is 14.8 Å². The minimum Gasteiger partial charge on any atom is -0.508 e. The van der Waals surface area contributed by atoms with Crippen LogP contribution in [0, 0.1) is 0 Å². The SMILES string of the molecule is Oc1ccc(C(O)C(S)S)cc1. The van der Waals surface area contributed by atoms with Gasteiger partial charge in [0.25, 0.3) is 0 Å². The van der Waals surface area contributed by atoms with E-state index in [1.807, 2.05) is 0 Å². The first-order valence-corrected chi connectivity index (χ1v) is 4.47. The van der Waals surface area contributed by atoms with Crippen LogP contribution in [0.4, 0.5) is 0 Å².